The summed E-state index contributed by atoms with van der Waals surface area (Å²) >= 11 is 5.72. The van der Waals surface area contributed by atoms with E-state index in [-0.39, 0.29) is 11.6 Å². The number of nitrogens with one attached hydrogen (secondary N) is 1. The number of ether oxygens (including phenoxy) is 1. The quantitative estimate of drug-likeness (QED) is 0.528. The number of methoxy groups -OCH3 is 1. The number of hydrogen-bond acceptors (Lipinski definition) is 3. The molecular weight excluding hydrogens is 238 g/mol. The highest BCUT2D eigenvalue weighted by Crippen LogP contribution is 2.13. The van der Waals surface area contributed by atoms with Gasteiger partial charge in [-0.3, -0.25) is 0 Å². The van der Waals surface area contributed by atoms with Gasteiger partial charge in [-0.25, -0.2) is 13.1 Å². The standard InChI is InChI=1S/C9H20ClNO3S/c1-4-9(2,8-10)11-15(12,13)7-5-6-14-3/h11H,4-8H2,1-3H3. The fraction of sp³-hybridized carbons (Fsp3) is 1.00. The molecule has 0 aromatic heterocycles. The molecule has 6 heteroatoms. The third-order valence-electron chi connectivity index (χ3n) is 2.24. The molecule has 1 unspecified atom stereocenters. The minimum Gasteiger partial charge on any atom is -0.385 e. The van der Waals surface area contributed by atoms with Crippen LogP contribution in [0.3, 0.4) is 0 Å². The Labute approximate surface area is 97.4 Å². The average Bonchev–Trinajstić information content (AvgIpc) is 2.17. The highest BCUT2D eigenvalue weighted by atomic mass is 35.5. The molecule has 0 aromatic rings. The minimum absolute atomic E-state index is 0.0767. The largest absolute Gasteiger partial charge is 0.385 e. The summed E-state index contributed by atoms with van der Waals surface area (Å²) in [6.07, 6.45) is 1.16. The highest BCUT2D eigenvalue weighted by molar-refractivity contribution is 7.89. The van der Waals surface area contributed by atoms with Gasteiger partial charge in [-0.15, -0.1) is 11.6 Å². The van der Waals surface area contributed by atoms with Crippen LogP contribution >= 0.6 is 11.6 Å². The first kappa shape index (κ1) is 15.2. The summed E-state index contributed by atoms with van der Waals surface area (Å²) in [6, 6.07) is 0. The number of halogens is 1. The summed E-state index contributed by atoms with van der Waals surface area (Å²) in [4.78, 5) is 0. The molecule has 4 nitrogen and oxygen atoms in total. The molecule has 1 atom stereocenters. The van der Waals surface area contributed by atoms with E-state index in [0.29, 0.717) is 19.4 Å². The Morgan fingerprint density at radius 1 is 1.47 bits per heavy atom. The lowest BCUT2D eigenvalue weighted by atomic mass is 10.0. The maximum atomic E-state index is 11.6. The van der Waals surface area contributed by atoms with Crippen LogP contribution in [0.5, 0.6) is 0 Å². The molecule has 92 valence electrons. The Morgan fingerprint density at radius 3 is 2.47 bits per heavy atom. The van der Waals surface area contributed by atoms with Crippen molar-refractivity contribution in [3.63, 3.8) is 0 Å². The van der Waals surface area contributed by atoms with Crippen molar-refractivity contribution in [1.29, 1.82) is 0 Å². The molecule has 0 aliphatic rings. The average molecular weight is 258 g/mol. The third kappa shape index (κ3) is 6.35. The summed E-state index contributed by atoms with van der Waals surface area (Å²) in [5.74, 6) is 0.348. The first-order valence-electron chi connectivity index (χ1n) is 4.95. The smallest absolute Gasteiger partial charge is 0.212 e. The fourth-order valence-electron chi connectivity index (χ4n) is 1.01. The molecule has 0 aromatic carbocycles. The first-order valence-corrected chi connectivity index (χ1v) is 7.14. The lowest BCUT2D eigenvalue weighted by molar-refractivity contribution is 0.199. The Balaban J connectivity index is 4.24. The van der Waals surface area contributed by atoms with E-state index in [0.717, 1.165) is 0 Å². The van der Waals surface area contributed by atoms with Gasteiger partial charge in [0.05, 0.1) is 5.75 Å². The van der Waals surface area contributed by atoms with E-state index < -0.39 is 15.6 Å². The Bertz CT molecular complexity index is 263. The molecule has 0 rings (SSSR count). The van der Waals surface area contributed by atoms with Crippen LogP contribution in [0.1, 0.15) is 26.7 Å². The fourth-order valence-corrected chi connectivity index (χ4v) is 2.92. The van der Waals surface area contributed by atoms with Gasteiger partial charge in [0.2, 0.25) is 10.0 Å². The van der Waals surface area contributed by atoms with Crippen LogP contribution in [0.15, 0.2) is 0 Å². The van der Waals surface area contributed by atoms with Crippen LogP contribution in [0, 0.1) is 0 Å². The van der Waals surface area contributed by atoms with Gasteiger partial charge >= 0.3 is 0 Å². The molecule has 0 radical (unpaired) electrons. The Hall–Kier alpha value is 0.160. The zero-order chi connectivity index (χ0) is 11.9. The summed E-state index contributed by atoms with van der Waals surface area (Å²) in [6.45, 7) is 4.15. The van der Waals surface area contributed by atoms with Crippen molar-refractivity contribution in [3.8, 4) is 0 Å². The van der Waals surface area contributed by atoms with Crippen molar-refractivity contribution in [3.05, 3.63) is 0 Å². The lowest BCUT2D eigenvalue weighted by Gasteiger charge is -2.26. The molecule has 0 fully saturated rings. The molecule has 0 heterocycles. The number of sulfonamides is 1. The Morgan fingerprint density at radius 2 is 2.07 bits per heavy atom. The van der Waals surface area contributed by atoms with Gasteiger partial charge in [-0.1, -0.05) is 6.92 Å². The maximum absolute atomic E-state index is 11.6. The summed E-state index contributed by atoms with van der Waals surface area (Å²) in [7, 11) is -1.70. The first-order chi connectivity index (χ1) is 6.89. The van der Waals surface area contributed by atoms with E-state index in [1.165, 1.54) is 0 Å². The molecule has 0 bridgehead atoms. The minimum atomic E-state index is -3.25. The number of alkyl halides is 1. The third-order valence-corrected chi connectivity index (χ3v) is 4.46. The van der Waals surface area contributed by atoms with E-state index in [1.807, 2.05) is 6.92 Å². The van der Waals surface area contributed by atoms with Crippen LogP contribution < -0.4 is 4.72 Å². The summed E-state index contributed by atoms with van der Waals surface area (Å²) in [5.41, 5.74) is -0.548. The van der Waals surface area contributed by atoms with Crippen molar-refractivity contribution < 1.29 is 13.2 Å². The maximum Gasteiger partial charge on any atom is 0.212 e. The molecule has 0 spiro atoms. The normalized spacial score (nSPS) is 16.3. The van der Waals surface area contributed by atoms with Gasteiger partial charge in [-0.05, 0) is 19.8 Å². The molecular formula is C9H20ClNO3S. The zero-order valence-electron chi connectivity index (χ0n) is 9.55. The Kier molecular flexibility index (Phi) is 6.75. The second kappa shape index (κ2) is 6.68. The van der Waals surface area contributed by atoms with Crippen molar-refractivity contribution in [2.45, 2.75) is 32.2 Å². The van der Waals surface area contributed by atoms with Crippen molar-refractivity contribution in [2.24, 2.45) is 0 Å². The van der Waals surface area contributed by atoms with E-state index >= 15 is 0 Å². The van der Waals surface area contributed by atoms with Gasteiger partial charge in [0.1, 0.15) is 0 Å². The summed E-state index contributed by atoms with van der Waals surface area (Å²) < 4.78 is 30.6. The SMILES string of the molecule is CCC(C)(CCl)NS(=O)(=O)CCCOC. The zero-order valence-corrected chi connectivity index (χ0v) is 11.1. The van der Waals surface area contributed by atoms with Crippen molar-refractivity contribution in [2.75, 3.05) is 25.3 Å². The second-order valence-corrected chi connectivity index (χ2v) is 5.92. The molecule has 15 heavy (non-hydrogen) atoms. The van der Waals surface area contributed by atoms with Crippen LogP contribution in [-0.2, 0) is 14.8 Å². The van der Waals surface area contributed by atoms with Crippen LogP contribution in [-0.4, -0.2) is 39.3 Å². The lowest BCUT2D eigenvalue weighted by Crippen LogP contribution is -2.47. The number of hydrogen-bond donors (Lipinski definition) is 1. The van der Waals surface area contributed by atoms with Gasteiger partial charge < -0.3 is 4.74 Å². The second-order valence-electron chi connectivity index (χ2n) is 3.82. The van der Waals surface area contributed by atoms with Crippen LogP contribution in [0.4, 0.5) is 0 Å². The van der Waals surface area contributed by atoms with E-state index in [9.17, 15) is 8.42 Å². The molecule has 0 aliphatic heterocycles. The van der Waals surface area contributed by atoms with E-state index in [1.54, 1.807) is 14.0 Å². The molecule has 0 amide bonds. The monoisotopic (exact) mass is 257 g/mol. The molecule has 1 N–H and O–H groups in total. The van der Waals surface area contributed by atoms with Crippen molar-refractivity contribution in [1.82, 2.24) is 4.72 Å². The number of rotatable bonds is 8. The molecule has 0 aliphatic carbocycles. The van der Waals surface area contributed by atoms with Gasteiger partial charge in [0.25, 0.3) is 0 Å². The van der Waals surface area contributed by atoms with Crippen LogP contribution in [0.2, 0.25) is 0 Å². The summed E-state index contributed by atoms with van der Waals surface area (Å²) in [5, 5.41) is 0. The topological polar surface area (TPSA) is 55.4 Å². The predicted octanol–water partition coefficient (Wildman–Crippen LogP) is 1.35. The molecule has 0 saturated carbocycles. The van der Waals surface area contributed by atoms with Gasteiger partial charge in [0, 0.05) is 25.1 Å². The molecule has 0 saturated heterocycles. The highest BCUT2D eigenvalue weighted by Gasteiger charge is 2.26. The van der Waals surface area contributed by atoms with E-state index in [4.69, 9.17) is 16.3 Å². The van der Waals surface area contributed by atoms with E-state index in [2.05, 4.69) is 4.72 Å². The van der Waals surface area contributed by atoms with Crippen LogP contribution in [0.25, 0.3) is 0 Å². The van der Waals surface area contributed by atoms with Gasteiger partial charge in [-0.2, -0.15) is 0 Å². The van der Waals surface area contributed by atoms with Gasteiger partial charge in [0.15, 0.2) is 0 Å². The predicted molar refractivity (Wildman–Crippen MR) is 62.8 cm³/mol. The van der Waals surface area contributed by atoms with Crippen molar-refractivity contribution >= 4 is 21.6 Å².